The van der Waals surface area contributed by atoms with Crippen molar-refractivity contribution < 1.29 is 4.79 Å². The number of nitrogen functional groups attached to an aromatic ring is 1. The molecule has 1 amide bonds. The van der Waals surface area contributed by atoms with Gasteiger partial charge in [0.2, 0.25) is 5.91 Å². The van der Waals surface area contributed by atoms with Gasteiger partial charge in [-0.05, 0) is 20.8 Å². The molecule has 1 aliphatic heterocycles. The Bertz CT molecular complexity index is 541. The largest absolute Gasteiger partial charge is 0.383 e. The van der Waals surface area contributed by atoms with E-state index < -0.39 is 5.54 Å². The lowest BCUT2D eigenvalue weighted by Gasteiger charge is -2.46. The van der Waals surface area contributed by atoms with Crippen LogP contribution in [0.15, 0.2) is 0 Å². The van der Waals surface area contributed by atoms with E-state index >= 15 is 0 Å². The van der Waals surface area contributed by atoms with Crippen LogP contribution < -0.4 is 10.6 Å². The normalized spacial score (nSPS) is 18.6. The van der Waals surface area contributed by atoms with Gasteiger partial charge in [0.05, 0.1) is 0 Å². The predicted octanol–water partition coefficient (Wildman–Crippen LogP) is 0.987. The molecule has 20 heavy (non-hydrogen) atoms. The Morgan fingerprint density at radius 2 is 1.95 bits per heavy atom. The van der Waals surface area contributed by atoms with E-state index in [1.54, 1.807) is 4.90 Å². The summed E-state index contributed by atoms with van der Waals surface area (Å²) in [6.45, 7) is 9.18. The SMILES string of the molecule is CCc1nc(N)c(C)c(N2CCN(C)C(=O)C2(C)C)n1. The van der Waals surface area contributed by atoms with Crippen LogP contribution in [-0.4, -0.2) is 46.5 Å². The van der Waals surface area contributed by atoms with Crippen LogP contribution in [0.1, 0.15) is 32.2 Å². The third kappa shape index (κ3) is 2.19. The van der Waals surface area contributed by atoms with Crippen molar-refractivity contribution in [3.63, 3.8) is 0 Å². The second-order valence-electron chi connectivity index (χ2n) is 5.76. The van der Waals surface area contributed by atoms with E-state index in [2.05, 4.69) is 9.97 Å². The molecule has 1 fully saturated rings. The molecule has 2 heterocycles. The molecule has 0 spiro atoms. The van der Waals surface area contributed by atoms with Gasteiger partial charge in [-0.25, -0.2) is 9.97 Å². The zero-order valence-electron chi connectivity index (χ0n) is 12.9. The fourth-order valence-corrected chi connectivity index (χ4v) is 2.57. The highest BCUT2D eigenvalue weighted by Gasteiger charge is 2.41. The number of likely N-dealkylation sites (N-methyl/N-ethyl adjacent to an activating group) is 1. The van der Waals surface area contributed by atoms with Crippen LogP contribution >= 0.6 is 0 Å². The molecule has 6 heteroatoms. The molecule has 0 atom stereocenters. The fraction of sp³-hybridized carbons (Fsp3) is 0.643. The Kier molecular flexibility index (Phi) is 3.58. The number of carbonyl (C=O) groups excluding carboxylic acids is 1. The molecule has 1 aliphatic rings. The van der Waals surface area contributed by atoms with Gasteiger partial charge < -0.3 is 15.5 Å². The summed E-state index contributed by atoms with van der Waals surface area (Å²) in [4.78, 5) is 25.1. The Labute approximate surface area is 120 Å². The molecule has 0 aliphatic carbocycles. The summed E-state index contributed by atoms with van der Waals surface area (Å²) in [5.41, 5.74) is 6.20. The second kappa shape index (κ2) is 4.92. The van der Waals surface area contributed by atoms with E-state index in [1.165, 1.54) is 0 Å². The van der Waals surface area contributed by atoms with E-state index in [0.717, 1.165) is 24.3 Å². The van der Waals surface area contributed by atoms with Crippen molar-refractivity contribution in [2.45, 2.75) is 39.7 Å². The zero-order chi connectivity index (χ0) is 15.1. The summed E-state index contributed by atoms with van der Waals surface area (Å²) in [5, 5.41) is 0. The molecule has 110 valence electrons. The Hall–Kier alpha value is -1.85. The number of carbonyl (C=O) groups is 1. The van der Waals surface area contributed by atoms with Gasteiger partial charge in [0.1, 0.15) is 23.0 Å². The van der Waals surface area contributed by atoms with Gasteiger partial charge in [-0.2, -0.15) is 0 Å². The maximum absolute atomic E-state index is 12.4. The molecule has 1 saturated heterocycles. The van der Waals surface area contributed by atoms with Crippen LogP contribution in [0.4, 0.5) is 11.6 Å². The Morgan fingerprint density at radius 3 is 2.55 bits per heavy atom. The lowest BCUT2D eigenvalue weighted by molar-refractivity contribution is -0.136. The highest BCUT2D eigenvalue weighted by Crippen LogP contribution is 2.31. The summed E-state index contributed by atoms with van der Waals surface area (Å²) >= 11 is 0. The van der Waals surface area contributed by atoms with E-state index in [4.69, 9.17) is 5.73 Å². The van der Waals surface area contributed by atoms with E-state index in [0.29, 0.717) is 18.2 Å². The molecule has 2 rings (SSSR count). The standard InChI is InChI=1S/C14H23N5O/c1-6-10-16-11(15)9(2)12(17-10)19-8-7-18(5)13(20)14(19,3)4/h6-8H2,1-5H3,(H2,15,16,17). The maximum Gasteiger partial charge on any atom is 0.247 e. The third-order valence-electron chi connectivity index (χ3n) is 3.98. The van der Waals surface area contributed by atoms with Gasteiger partial charge in [0.25, 0.3) is 0 Å². The number of hydrogen-bond donors (Lipinski definition) is 1. The third-order valence-corrected chi connectivity index (χ3v) is 3.98. The Morgan fingerprint density at radius 1 is 1.30 bits per heavy atom. The fourth-order valence-electron chi connectivity index (χ4n) is 2.57. The molecule has 0 radical (unpaired) electrons. The average molecular weight is 277 g/mol. The highest BCUT2D eigenvalue weighted by molar-refractivity contribution is 5.90. The summed E-state index contributed by atoms with van der Waals surface area (Å²) in [6.07, 6.45) is 0.722. The van der Waals surface area contributed by atoms with Crippen LogP contribution in [0.5, 0.6) is 0 Å². The minimum Gasteiger partial charge on any atom is -0.383 e. The first-order valence-corrected chi connectivity index (χ1v) is 6.95. The molecular formula is C14H23N5O. The van der Waals surface area contributed by atoms with Crippen molar-refractivity contribution in [1.29, 1.82) is 0 Å². The van der Waals surface area contributed by atoms with Crippen molar-refractivity contribution >= 4 is 17.5 Å². The summed E-state index contributed by atoms with van der Waals surface area (Å²) in [6, 6.07) is 0. The molecule has 0 saturated carbocycles. The minimum atomic E-state index is -0.621. The number of piperazine rings is 1. The number of rotatable bonds is 2. The van der Waals surface area contributed by atoms with E-state index in [-0.39, 0.29) is 5.91 Å². The molecule has 0 aromatic carbocycles. The minimum absolute atomic E-state index is 0.0957. The van der Waals surface area contributed by atoms with Crippen LogP contribution in [0.2, 0.25) is 0 Å². The molecule has 6 nitrogen and oxygen atoms in total. The van der Waals surface area contributed by atoms with Crippen LogP contribution in [0.25, 0.3) is 0 Å². The van der Waals surface area contributed by atoms with Crippen molar-refractivity contribution in [3.05, 3.63) is 11.4 Å². The van der Waals surface area contributed by atoms with Gasteiger partial charge in [-0.15, -0.1) is 0 Å². The highest BCUT2D eigenvalue weighted by atomic mass is 16.2. The average Bonchev–Trinajstić information content (AvgIpc) is 2.40. The first-order valence-electron chi connectivity index (χ1n) is 6.95. The zero-order valence-corrected chi connectivity index (χ0v) is 12.9. The number of amides is 1. The number of nitrogens with zero attached hydrogens (tertiary/aromatic N) is 4. The molecular weight excluding hydrogens is 254 g/mol. The number of nitrogens with two attached hydrogens (primary N) is 1. The monoisotopic (exact) mass is 277 g/mol. The molecule has 1 aromatic rings. The van der Waals surface area contributed by atoms with E-state index in [1.807, 2.05) is 39.6 Å². The topological polar surface area (TPSA) is 75.3 Å². The first kappa shape index (κ1) is 14.6. The maximum atomic E-state index is 12.4. The predicted molar refractivity (Wildman–Crippen MR) is 79.6 cm³/mol. The van der Waals surface area contributed by atoms with Crippen LogP contribution in [0, 0.1) is 6.92 Å². The van der Waals surface area contributed by atoms with E-state index in [9.17, 15) is 4.79 Å². The van der Waals surface area contributed by atoms with Crippen LogP contribution in [0.3, 0.4) is 0 Å². The number of hydrogen-bond acceptors (Lipinski definition) is 5. The summed E-state index contributed by atoms with van der Waals surface area (Å²) in [5.74, 6) is 2.08. The van der Waals surface area contributed by atoms with Gasteiger partial charge in [0, 0.05) is 32.1 Å². The lowest BCUT2D eigenvalue weighted by Crippen LogP contribution is -2.62. The number of aryl methyl sites for hydroxylation is 1. The molecule has 0 unspecified atom stereocenters. The quantitative estimate of drug-likeness (QED) is 0.872. The Balaban J connectivity index is 2.50. The summed E-state index contributed by atoms with van der Waals surface area (Å²) < 4.78 is 0. The van der Waals surface area contributed by atoms with Crippen molar-refractivity contribution in [1.82, 2.24) is 14.9 Å². The van der Waals surface area contributed by atoms with Crippen molar-refractivity contribution in [2.24, 2.45) is 0 Å². The molecule has 2 N–H and O–H groups in total. The number of anilines is 2. The smallest absolute Gasteiger partial charge is 0.247 e. The van der Waals surface area contributed by atoms with Crippen molar-refractivity contribution in [2.75, 3.05) is 30.8 Å². The second-order valence-corrected chi connectivity index (χ2v) is 5.76. The molecule has 0 bridgehead atoms. The van der Waals surface area contributed by atoms with Gasteiger partial charge >= 0.3 is 0 Å². The first-order chi connectivity index (χ1) is 9.28. The van der Waals surface area contributed by atoms with Gasteiger partial charge in [-0.1, -0.05) is 6.92 Å². The summed E-state index contributed by atoms with van der Waals surface area (Å²) in [7, 11) is 1.83. The van der Waals surface area contributed by atoms with Crippen molar-refractivity contribution in [3.8, 4) is 0 Å². The van der Waals surface area contributed by atoms with Gasteiger partial charge in [0.15, 0.2) is 0 Å². The van der Waals surface area contributed by atoms with Gasteiger partial charge in [-0.3, -0.25) is 4.79 Å². The molecule has 1 aromatic heterocycles. The number of aromatic nitrogens is 2. The van der Waals surface area contributed by atoms with Crippen LogP contribution in [-0.2, 0) is 11.2 Å². The lowest BCUT2D eigenvalue weighted by atomic mass is 9.97.